The summed E-state index contributed by atoms with van der Waals surface area (Å²) in [5.41, 5.74) is 2.57. The number of β-amino-alcohol motifs (C(OH)–C–C–N with tert-alkyl or cyclic N) is 1. The van der Waals surface area contributed by atoms with Gasteiger partial charge in [-0.2, -0.15) is 0 Å². The third-order valence-electron chi connectivity index (χ3n) is 4.06. The summed E-state index contributed by atoms with van der Waals surface area (Å²) in [5.74, 6) is 0. The van der Waals surface area contributed by atoms with Gasteiger partial charge in [-0.25, -0.2) is 0 Å². The average Bonchev–Trinajstić information content (AvgIpc) is 2.39. The van der Waals surface area contributed by atoms with E-state index in [1.54, 1.807) is 0 Å². The molecule has 0 aliphatic carbocycles. The Hall–Kier alpha value is -0.940. The lowest BCUT2D eigenvalue weighted by Gasteiger charge is -2.36. The van der Waals surface area contributed by atoms with Gasteiger partial charge >= 0.3 is 0 Å². The number of nitrogens with zero attached hydrogens (tertiary/aromatic N) is 2. The number of aliphatic hydroxyl groups is 1. The van der Waals surface area contributed by atoms with Crippen LogP contribution in [0.1, 0.15) is 25.0 Å². The maximum absolute atomic E-state index is 10.3. The first-order chi connectivity index (χ1) is 10.4. The lowest BCUT2D eigenvalue weighted by atomic mass is 10.1. The van der Waals surface area contributed by atoms with Crippen molar-refractivity contribution in [3.8, 4) is 0 Å². The highest BCUT2D eigenvalue weighted by Crippen LogP contribution is 2.12. The fourth-order valence-corrected chi connectivity index (χ4v) is 3.22. The molecule has 22 heavy (non-hydrogen) atoms. The van der Waals surface area contributed by atoms with Gasteiger partial charge in [0.15, 0.2) is 0 Å². The van der Waals surface area contributed by atoms with E-state index in [1.807, 2.05) is 0 Å². The van der Waals surface area contributed by atoms with Crippen molar-refractivity contribution in [3.05, 3.63) is 35.4 Å². The summed E-state index contributed by atoms with van der Waals surface area (Å²) in [6.07, 6.45) is 0.176. The molecular formula is C18H30N2O2. The number of ether oxygens (including phenoxy) is 1. The molecule has 4 nitrogen and oxygen atoms in total. The predicted octanol–water partition coefficient (Wildman–Crippen LogP) is 1.90. The SMILES string of the molecule is Cc1ccc(CN(C)CC(O)CN2CC(C)OC(C)C2)cc1. The van der Waals surface area contributed by atoms with Gasteiger partial charge in [-0.1, -0.05) is 29.8 Å². The number of benzene rings is 1. The first kappa shape index (κ1) is 17.4. The van der Waals surface area contributed by atoms with Crippen molar-refractivity contribution in [2.45, 2.75) is 45.6 Å². The zero-order valence-electron chi connectivity index (χ0n) is 14.3. The number of morpholine rings is 1. The molecule has 1 saturated heterocycles. The number of hydrogen-bond donors (Lipinski definition) is 1. The smallest absolute Gasteiger partial charge is 0.0793 e. The molecule has 1 aromatic carbocycles. The summed E-state index contributed by atoms with van der Waals surface area (Å²) in [6, 6.07) is 8.58. The number of aliphatic hydroxyl groups excluding tert-OH is 1. The minimum atomic E-state index is -0.326. The highest BCUT2D eigenvalue weighted by molar-refractivity contribution is 5.21. The van der Waals surface area contributed by atoms with E-state index in [9.17, 15) is 5.11 Å². The standard InChI is InChI=1S/C18H30N2O2/c1-14-5-7-17(8-6-14)11-19(4)12-18(21)13-20-9-15(2)22-16(3)10-20/h5-8,15-16,18,21H,9-13H2,1-4H3. The van der Waals surface area contributed by atoms with E-state index in [1.165, 1.54) is 11.1 Å². The summed E-state index contributed by atoms with van der Waals surface area (Å²) in [6.45, 7) is 10.4. The summed E-state index contributed by atoms with van der Waals surface area (Å²) >= 11 is 0. The van der Waals surface area contributed by atoms with Crippen LogP contribution in [0.15, 0.2) is 24.3 Å². The van der Waals surface area contributed by atoms with E-state index in [4.69, 9.17) is 4.74 Å². The molecule has 2 rings (SSSR count). The molecule has 4 heteroatoms. The third kappa shape index (κ3) is 5.69. The largest absolute Gasteiger partial charge is 0.390 e. The number of likely N-dealkylation sites (N-methyl/N-ethyl adjacent to an activating group) is 1. The van der Waals surface area contributed by atoms with E-state index in [0.717, 1.165) is 26.2 Å². The van der Waals surface area contributed by atoms with Crippen molar-refractivity contribution >= 4 is 0 Å². The number of rotatable bonds is 6. The maximum atomic E-state index is 10.3. The molecule has 1 aliphatic rings. The Labute approximate surface area is 134 Å². The van der Waals surface area contributed by atoms with Gasteiger partial charge in [0.2, 0.25) is 0 Å². The van der Waals surface area contributed by atoms with Crippen LogP contribution in [0.2, 0.25) is 0 Å². The average molecular weight is 306 g/mol. The van der Waals surface area contributed by atoms with Crippen molar-refractivity contribution in [1.29, 1.82) is 0 Å². The summed E-state index contributed by atoms with van der Waals surface area (Å²) < 4.78 is 5.73. The summed E-state index contributed by atoms with van der Waals surface area (Å²) in [4.78, 5) is 4.49. The van der Waals surface area contributed by atoms with Crippen molar-refractivity contribution in [1.82, 2.24) is 9.80 Å². The second-order valence-electron chi connectivity index (χ2n) is 6.81. The van der Waals surface area contributed by atoms with Crippen molar-refractivity contribution in [2.75, 3.05) is 33.2 Å². The quantitative estimate of drug-likeness (QED) is 0.871. The summed E-state index contributed by atoms with van der Waals surface area (Å²) in [5, 5.41) is 10.3. The lowest BCUT2D eigenvalue weighted by molar-refractivity contribution is -0.0777. The number of aryl methyl sites for hydroxylation is 1. The van der Waals surface area contributed by atoms with Crippen LogP contribution >= 0.6 is 0 Å². The van der Waals surface area contributed by atoms with Crippen molar-refractivity contribution in [3.63, 3.8) is 0 Å². The zero-order chi connectivity index (χ0) is 16.1. The van der Waals surface area contributed by atoms with E-state index in [-0.39, 0.29) is 18.3 Å². The Kier molecular flexibility index (Phi) is 6.38. The Morgan fingerprint density at radius 2 is 1.82 bits per heavy atom. The first-order valence-corrected chi connectivity index (χ1v) is 8.22. The molecule has 0 saturated carbocycles. The van der Waals surface area contributed by atoms with E-state index in [0.29, 0.717) is 6.54 Å². The monoisotopic (exact) mass is 306 g/mol. The van der Waals surface area contributed by atoms with Crippen LogP contribution in [-0.4, -0.2) is 66.4 Å². The van der Waals surface area contributed by atoms with Crippen LogP contribution in [-0.2, 0) is 11.3 Å². The lowest BCUT2D eigenvalue weighted by Crippen LogP contribution is -2.49. The highest BCUT2D eigenvalue weighted by Gasteiger charge is 2.24. The Bertz CT molecular complexity index is 439. The molecule has 1 aromatic rings. The van der Waals surface area contributed by atoms with Gasteiger partial charge in [-0.15, -0.1) is 0 Å². The zero-order valence-corrected chi connectivity index (χ0v) is 14.3. The van der Waals surface area contributed by atoms with Gasteiger partial charge in [-0.3, -0.25) is 9.80 Å². The molecule has 1 fully saturated rings. The molecule has 1 N–H and O–H groups in total. The Morgan fingerprint density at radius 3 is 2.41 bits per heavy atom. The normalized spacial score (nSPS) is 24.6. The number of hydrogen-bond acceptors (Lipinski definition) is 4. The molecule has 0 spiro atoms. The van der Waals surface area contributed by atoms with Gasteiger partial charge in [0.05, 0.1) is 18.3 Å². The minimum absolute atomic E-state index is 0.251. The van der Waals surface area contributed by atoms with Crippen LogP contribution < -0.4 is 0 Å². The van der Waals surface area contributed by atoms with E-state index in [2.05, 4.69) is 61.9 Å². The fourth-order valence-electron chi connectivity index (χ4n) is 3.22. The van der Waals surface area contributed by atoms with Gasteiger partial charge in [0.1, 0.15) is 0 Å². The van der Waals surface area contributed by atoms with E-state index < -0.39 is 0 Å². The highest BCUT2D eigenvalue weighted by atomic mass is 16.5. The van der Waals surface area contributed by atoms with Gasteiger partial charge < -0.3 is 9.84 Å². The molecule has 0 amide bonds. The van der Waals surface area contributed by atoms with Crippen molar-refractivity contribution < 1.29 is 9.84 Å². The minimum Gasteiger partial charge on any atom is -0.390 e. The van der Waals surface area contributed by atoms with Crippen LogP contribution in [0.4, 0.5) is 0 Å². The fraction of sp³-hybridized carbons (Fsp3) is 0.667. The topological polar surface area (TPSA) is 35.9 Å². The maximum Gasteiger partial charge on any atom is 0.0793 e. The molecule has 1 aliphatic heterocycles. The van der Waals surface area contributed by atoms with Crippen LogP contribution in [0.3, 0.4) is 0 Å². The molecule has 0 aromatic heterocycles. The van der Waals surface area contributed by atoms with Crippen molar-refractivity contribution in [2.24, 2.45) is 0 Å². The van der Waals surface area contributed by atoms with Crippen LogP contribution in [0, 0.1) is 6.92 Å². The Morgan fingerprint density at radius 1 is 1.23 bits per heavy atom. The van der Waals surface area contributed by atoms with Gasteiger partial charge in [-0.05, 0) is 33.4 Å². The molecule has 0 bridgehead atoms. The Balaban J connectivity index is 1.76. The molecule has 1 heterocycles. The van der Waals surface area contributed by atoms with Crippen LogP contribution in [0.5, 0.6) is 0 Å². The van der Waals surface area contributed by atoms with E-state index >= 15 is 0 Å². The predicted molar refractivity (Wildman–Crippen MR) is 90.0 cm³/mol. The first-order valence-electron chi connectivity index (χ1n) is 8.22. The third-order valence-corrected chi connectivity index (χ3v) is 4.06. The second kappa shape index (κ2) is 8.06. The molecular weight excluding hydrogens is 276 g/mol. The second-order valence-corrected chi connectivity index (χ2v) is 6.81. The molecule has 3 unspecified atom stereocenters. The summed E-state index contributed by atoms with van der Waals surface area (Å²) in [7, 11) is 2.06. The van der Waals surface area contributed by atoms with Crippen LogP contribution in [0.25, 0.3) is 0 Å². The van der Waals surface area contributed by atoms with Gasteiger partial charge in [0.25, 0.3) is 0 Å². The van der Waals surface area contributed by atoms with Gasteiger partial charge in [0, 0.05) is 32.7 Å². The molecule has 0 radical (unpaired) electrons. The molecule has 3 atom stereocenters. The molecule has 124 valence electrons.